The van der Waals surface area contributed by atoms with E-state index in [0.29, 0.717) is 22.1 Å². The average Bonchev–Trinajstić information content (AvgIpc) is 3.06. The van der Waals surface area contributed by atoms with Gasteiger partial charge in [0, 0.05) is 26.0 Å². The van der Waals surface area contributed by atoms with Crippen LogP contribution >= 0.6 is 27.5 Å². The Balaban J connectivity index is 1.68. The highest BCUT2D eigenvalue weighted by molar-refractivity contribution is 9.10. The molecule has 0 saturated heterocycles. The Hall–Kier alpha value is -2.76. The quantitative estimate of drug-likeness (QED) is 0.318. The second kappa shape index (κ2) is 8.54. The maximum absolute atomic E-state index is 12.7. The molecular formula is C24H19BrClNO3. The van der Waals surface area contributed by atoms with Crippen LogP contribution in [0, 0.1) is 6.92 Å². The first kappa shape index (κ1) is 20.5. The lowest BCUT2D eigenvalue weighted by Crippen LogP contribution is -2.16. The van der Waals surface area contributed by atoms with Gasteiger partial charge in [-0.15, -0.1) is 0 Å². The average molecular weight is 485 g/mol. The van der Waals surface area contributed by atoms with E-state index in [9.17, 15) is 4.79 Å². The van der Waals surface area contributed by atoms with Crippen LogP contribution in [0.3, 0.4) is 0 Å². The van der Waals surface area contributed by atoms with Crippen LogP contribution in [0.1, 0.15) is 24.2 Å². The zero-order chi connectivity index (χ0) is 21.3. The molecule has 0 spiro atoms. The first-order chi connectivity index (χ1) is 14.4. The molecule has 0 aliphatic carbocycles. The van der Waals surface area contributed by atoms with Crippen molar-refractivity contribution in [2.24, 2.45) is 0 Å². The summed E-state index contributed by atoms with van der Waals surface area (Å²) in [6.45, 7) is 3.78. The highest BCUT2D eigenvalue weighted by Gasteiger charge is 2.21. The maximum atomic E-state index is 12.7. The number of carbonyl (C=O) groups is 1. The van der Waals surface area contributed by atoms with Crippen LogP contribution in [-0.2, 0) is 4.74 Å². The third-order valence-corrected chi connectivity index (χ3v) is 5.68. The molecule has 0 aliphatic heterocycles. The SMILES string of the molecule is Cc1ccc2oc(-c3ccc(Br)cc3)c(NC(=O)OC(C)c3ccccc3Cl)c2c1. The second-order valence-electron chi connectivity index (χ2n) is 7.01. The summed E-state index contributed by atoms with van der Waals surface area (Å²) in [5.74, 6) is 0.574. The predicted octanol–water partition coefficient (Wildman–Crippen LogP) is 8.13. The normalized spacial score (nSPS) is 12.0. The summed E-state index contributed by atoms with van der Waals surface area (Å²) in [5.41, 5.74) is 3.92. The number of nitrogens with one attached hydrogen (secondary N) is 1. The molecule has 0 saturated carbocycles. The summed E-state index contributed by atoms with van der Waals surface area (Å²) in [6.07, 6.45) is -1.08. The monoisotopic (exact) mass is 483 g/mol. The fourth-order valence-corrected chi connectivity index (χ4v) is 3.85. The molecule has 0 fully saturated rings. The molecule has 1 unspecified atom stereocenters. The van der Waals surface area contributed by atoms with Crippen LogP contribution in [0.2, 0.25) is 5.02 Å². The number of hydrogen-bond acceptors (Lipinski definition) is 3. The Kier molecular flexibility index (Phi) is 5.84. The molecule has 1 aromatic heterocycles. The molecule has 30 heavy (non-hydrogen) atoms. The number of hydrogen-bond donors (Lipinski definition) is 1. The zero-order valence-corrected chi connectivity index (χ0v) is 18.8. The number of rotatable bonds is 4. The third kappa shape index (κ3) is 4.23. The van der Waals surface area contributed by atoms with Crippen LogP contribution in [0.25, 0.3) is 22.3 Å². The van der Waals surface area contributed by atoms with Crippen molar-refractivity contribution in [3.63, 3.8) is 0 Å². The summed E-state index contributed by atoms with van der Waals surface area (Å²) in [5, 5.41) is 4.25. The van der Waals surface area contributed by atoms with Gasteiger partial charge >= 0.3 is 6.09 Å². The largest absolute Gasteiger partial charge is 0.454 e. The molecule has 0 bridgehead atoms. The Bertz CT molecular complexity index is 1220. The molecule has 0 aliphatic rings. The van der Waals surface area contributed by atoms with Gasteiger partial charge in [-0.1, -0.05) is 69.5 Å². The van der Waals surface area contributed by atoms with Gasteiger partial charge in [0.25, 0.3) is 0 Å². The van der Waals surface area contributed by atoms with Crippen LogP contribution in [0.5, 0.6) is 0 Å². The van der Waals surface area contributed by atoms with E-state index in [-0.39, 0.29) is 0 Å². The standard InChI is InChI=1S/C24H19BrClNO3/c1-14-7-12-21-19(13-14)22(23(30-21)16-8-10-17(25)11-9-16)27-24(28)29-15(2)18-5-3-4-6-20(18)26/h3-13,15H,1-2H3,(H,27,28). The van der Waals surface area contributed by atoms with Gasteiger partial charge < -0.3 is 9.15 Å². The van der Waals surface area contributed by atoms with Crippen molar-refractivity contribution in [1.29, 1.82) is 0 Å². The lowest BCUT2D eigenvalue weighted by molar-refractivity contribution is 0.121. The minimum Gasteiger partial charge on any atom is -0.454 e. The topological polar surface area (TPSA) is 51.5 Å². The number of halogens is 2. The van der Waals surface area contributed by atoms with Crippen molar-refractivity contribution in [3.8, 4) is 11.3 Å². The van der Waals surface area contributed by atoms with Crippen molar-refractivity contribution in [2.75, 3.05) is 5.32 Å². The van der Waals surface area contributed by atoms with E-state index < -0.39 is 12.2 Å². The zero-order valence-electron chi connectivity index (χ0n) is 16.4. The highest BCUT2D eigenvalue weighted by Crippen LogP contribution is 2.39. The minimum absolute atomic E-state index is 0.505. The number of anilines is 1. The molecule has 1 atom stereocenters. The van der Waals surface area contributed by atoms with Gasteiger partial charge in [0.2, 0.25) is 0 Å². The number of carbonyl (C=O) groups excluding carboxylic acids is 1. The number of fused-ring (bicyclic) bond motifs is 1. The predicted molar refractivity (Wildman–Crippen MR) is 124 cm³/mol. The number of ether oxygens (including phenoxy) is 1. The van der Waals surface area contributed by atoms with Crippen LogP contribution < -0.4 is 5.32 Å². The smallest absolute Gasteiger partial charge is 0.412 e. The van der Waals surface area contributed by atoms with Crippen LogP contribution in [-0.4, -0.2) is 6.09 Å². The fourth-order valence-electron chi connectivity index (χ4n) is 3.30. The van der Waals surface area contributed by atoms with E-state index in [0.717, 1.165) is 26.5 Å². The van der Waals surface area contributed by atoms with Gasteiger partial charge in [0.15, 0.2) is 5.76 Å². The first-order valence-corrected chi connectivity index (χ1v) is 10.6. The Morgan fingerprint density at radius 1 is 1.10 bits per heavy atom. The molecule has 4 aromatic rings. The van der Waals surface area contributed by atoms with E-state index in [4.69, 9.17) is 20.8 Å². The van der Waals surface area contributed by atoms with E-state index in [1.54, 1.807) is 13.0 Å². The Morgan fingerprint density at radius 3 is 2.57 bits per heavy atom. The molecule has 1 heterocycles. The van der Waals surface area contributed by atoms with Gasteiger partial charge in [0.05, 0.1) is 5.69 Å². The van der Waals surface area contributed by atoms with Gasteiger partial charge in [-0.2, -0.15) is 0 Å². The Labute approximate surface area is 187 Å². The number of aryl methyl sites for hydroxylation is 1. The van der Waals surface area contributed by atoms with Crippen LogP contribution in [0.15, 0.2) is 75.6 Å². The van der Waals surface area contributed by atoms with Crippen molar-refractivity contribution in [3.05, 3.63) is 87.4 Å². The van der Waals surface area contributed by atoms with Gasteiger partial charge in [-0.25, -0.2) is 4.79 Å². The molecule has 4 nitrogen and oxygen atoms in total. The molecule has 152 valence electrons. The molecule has 0 radical (unpaired) electrons. The molecule has 1 N–H and O–H groups in total. The summed E-state index contributed by atoms with van der Waals surface area (Å²) in [6, 6.07) is 20.9. The molecule has 4 rings (SSSR count). The minimum atomic E-state index is -0.579. The number of amides is 1. The van der Waals surface area contributed by atoms with E-state index in [1.165, 1.54) is 0 Å². The summed E-state index contributed by atoms with van der Waals surface area (Å²) in [4.78, 5) is 12.7. The number of benzene rings is 3. The molecule has 3 aromatic carbocycles. The maximum Gasteiger partial charge on any atom is 0.412 e. The van der Waals surface area contributed by atoms with Gasteiger partial charge in [-0.3, -0.25) is 5.32 Å². The van der Waals surface area contributed by atoms with Crippen molar-refractivity contribution < 1.29 is 13.9 Å². The van der Waals surface area contributed by atoms with E-state index >= 15 is 0 Å². The van der Waals surface area contributed by atoms with E-state index in [1.807, 2.05) is 67.6 Å². The molecule has 1 amide bonds. The third-order valence-electron chi connectivity index (χ3n) is 4.80. The van der Waals surface area contributed by atoms with Crippen molar-refractivity contribution in [2.45, 2.75) is 20.0 Å². The van der Waals surface area contributed by atoms with Crippen LogP contribution in [0.4, 0.5) is 10.5 Å². The van der Waals surface area contributed by atoms with E-state index in [2.05, 4.69) is 21.2 Å². The fraction of sp³-hybridized carbons (Fsp3) is 0.125. The first-order valence-electron chi connectivity index (χ1n) is 9.43. The molecular weight excluding hydrogens is 466 g/mol. The Morgan fingerprint density at radius 2 is 1.83 bits per heavy atom. The summed E-state index contributed by atoms with van der Waals surface area (Å²) < 4.78 is 12.6. The lowest BCUT2D eigenvalue weighted by atomic mass is 10.1. The molecule has 6 heteroatoms. The van der Waals surface area contributed by atoms with Gasteiger partial charge in [0.1, 0.15) is 11.7 Å². The highest BCUT2D eigenvalue weighted by atomic mass is 79.9. The van der Waals surface area contributed by atoms with Gasteiger partial charge in [-0.05, 0) is 44.2 Å². The summed E-state index contributed by atoms with van der Waals surface area (Å²) in [7, 11) is 0. The summed E-state index contributed by atoms with van der Waals surface area (Å²) >= 11 is 9.67. The number of furan rings is 1. The lowest BCUT2D eigenvalue weighted by Gasteiger charge is -2.15. The second-order valence-corrected chi connectivity index (χ2v) is 8.33. The van der Waals surface area contributed by atoms with Crippen molar-refractivity contribution >= 4 is 50.3 Å². The van der Waals surface area contributed by atoms with Crippen molar-refractivity contribution in [1.82, 2.24) is 0 Å².